The number of nitrogens with zero attached hydrogens (tertiary/aromatic N) is 1. The van der Waals surface area contributed by atoms with E-state index in [9.17, 15) is 8.42 Å². The fourth-order valence-corrected chi connectivity index (χ4v) is 5.91. The number of allylic oxidation sites excluding steroid dienone is 1. The second kappa shape index (κ2) is 6.16. The molecule has 0 bridgehead atoms. The monoisotopic (exact) mass is 345 g/mol. The highest BCUT2D eigenvalue weighted by Crippen LogP contribution is 2.49. The molecule has 0 atom stereocenters. The van der Waals surface area contributed by atoms with E-state index in [0.717, 1.165) is 42.4 Å². The summed E-state index contributed by atoms with van der Waals surface area (Å²) in [5, 5.41) is 0. The van der Waals surface area contributed by atoms with Gasteiger partial charge in [-0.05, 0) is 56.9 Å². The van der Waals surface area contributed by atoms with Gasteiger partial charge in [-0.3, -0.25) is 0 Å². The van der Waals surface area contributed by atoms with Crippen molar-refractivity contribution in [2.75, 3.05) is 6.54 Å². The molecule has 3 rings (SSSR count). The Hall–Kier alpha value is -1.39. The van der Waals surface area contributed by atoms with E-state index >= 15 is 0 Å². The predicted octanol–water partition coefficient (Wildman–Crippen LogP) is 4.59. The van der Waals surface area contributed by atoms with Crippen LogP contribution in [-0.2, 0) is 10.0 Å². The molecule has 24 heavy (non-hydrogen) atoms. The summed E-state index contributed by atoms with van der Waals surface area (Å²) >= 11 is 0. The molecule has 1 aliphatic heterocycles. The van der Waals surface area contributed by atoms with Crippen LogP contribution in [0.5, 0.6) is 0 Å². The van der Waals surface area contributed by atoms with Crippen molar-refractivity contribution in [3.8, 4) is 0 Å². The molecule has 1 saturated heterocycles. The lowest BCUT2D eigenvalue weighted by atomic mass is 9.77. The third kappa shape index (κ3) is 2.66. The molecule has 1 aromatic carbocycles. The minimum absolute atomic E-state index is 0.390. The average Bonchev–Trinajstić information content (AvgIpc) is 2.82. The molecule has 2 aliphatic rings. The van der Waals surface area contributed by atoms with Gasteiger partial charge in [-0.15, -0.1) is 0 Å². The Kier molecular flexibility index (Phi) is 4.47. The fraction of sp³-hybridized carbons (Fsp3) is 0.500. The number of rotatable bonds is 2. The van der Waals surface area contributed by atoms with E-state index in [1.165, 1.54) is 12.0 Å². The van der Waals surface area contributed by atoms with Gasteiger partial charge in [-0.25, -0.2) is 8.42 Å². The zero-order valence-electron chi connectivity index (χ0n) is 14.9. The molecule has 3 nitrogen and oxygen atoms in total. The highest BCUT2D eigenvalue weighted by molar-refractivity contribution is 7.89. The van der Waals surface area contributed by atoms with E-state index in [4.69, 9.17) is 0 Å². The van der Waals surface area contributed by atoms with Crippen LogP contribution in [-0.4, -0.2) is 24.8 Å². The molecule has 0 radical (unpaired) electrons. The first kappa shape index (κ1) is 17.4. The van der Waals surface area contributed by atoms with Gasteiger partial charge in [0.25, 0.3) is 0 Å². The van der Waals surface area contributed by atoms with Gasteiger partial charge in [0.15, 0.2) is 0 Å². The average molecular weight is 346 g/mol. The molecule has 1 aromatic rings. The van der Waals surface area contributed by atoms with E-state index in [2.05, 4.69) is 20.4 Å². The zero-order chi connectivity index (χ0) is 17.5. The van der Waals surface area contributed by atoms with Crippen molar-refractivity contribution >= 4 is 10.0 Å². The van der Waals surface area contributed by atoms with Gasteiger partial charge >= 0.3 is 0 Å². The Morgan fingerprint density at radius 3 is 2.21 bits per heavy atom. The van der Waals surface area contributed by atoms with Crippen molar-refractivity contribution in [1.29, 1.82) is 0 Å². The molecule has 0 aromatic heterocycles. The second-order valence-electron chi connectivity index (χ2n) is 7.37. The Morgan fingerprint density at radius 1 is 1.08 bits per heavy atom. The first-order valence-corrected chi connectivity index (χ1v) is 10.2. The van der Waals surface area contributed by atoms with E-state index in [1.807, 2.05) is 19.1 Å². The SMILES string of the molecule is C=C1C(=C(C)C)CN(S(=O)(=O)c2ccc(C)cc2)C12CCCCC2. The molecule has 4 heteroatoms. The van der Waals surface area contributed by atoms with E-state index < -0.39 is 15.6 Å². The number of hydrogen-bond donors (Lipinski definition) is 0. The third-order valence-corrected chi connectivity index (χ3v) is 7.53. The molecular formula is C20H27NO2S. The van der Waals surface area contributed by atoms with E-state index in [-0.39, 0.29) is 0 Å². The molecule has 130 valence electrons. The molecule has 1 saturated carbocycles. The third-order valence-electron chi connectivity index (χ3n) is 5.60. The maximum Gasteiger partial charge on any atom is 0.244 e. The summed E-state index contributed by atoms with van der Waals surface area (Å²) in [4.78, 5) is 0.390. The quantitative estimate of drug-likeness (QED) is 0.786. The van der Waals surface area contributed by atoms with E-state index in [0.29, 0.717) is 11.4 Å². The first-order valence-electron chi connectivity index (χ1n) is 8.75. The van der Waals surface area contributed by atoms with Crippen LogP contribution in [0.25, 0.3) is 0 Å². The van der Waals surface area contributed by atoms with Gasteiger partial charge in [0, 0.05) is 6.54 Å². The maximum atomic E-state index is 13.4. The van der Waals surface area contributed by atoms with Gasteiger partial charge in [0.05, 0.1) is 10.4 Å². The predicted molar refractivity (Wildman–Crippen MR) is 98.4 cm³/mol. The van der Waals surface area contributed by atoms with Crippen LogP contribution in [0.15, 0.2) is 52.5 Å². The number of aryl methyl sites for hydroxylation is 1. The molecule has 2 fully saturated rings. The van der Waals surface area contributed by atoms with Crippen molar-refractivity contribution in [3.05, 3.63) is 53.1 Å². The van der Waals surface area contributed by atoms with Gasteiger partial charge in [-0.2, -0.15) is 4.31 Å². The van der Waals surface area contributed by atoms with E-state index in [1.54, 1.807) is 16.4 Å². The molecule has 1 aliphatic carbocycles. The minimum atomic E-state index is -3.52. The molecular weight excluding hydrogens is 318 g/mol. The summed E-state index contributed by atoms with van der Waals surface area (Å²) in [5.74, 6) is 0. The van der Waals surface area contributed by atoms with Crippen LogP contribution >= 0.6 is 0 Å². The summed E-state index contributed by atoms with van der Waals surface area (Å²) in [6.45, 7) is 10.9. The smallest absolute Gasteiger partial charge is 0.207 e. The Balaban J connectivity index is 2.11. The number of sulfonamides is 1. The molecule has 0 amide bonds. The van der Waals surface area contributed by atoms with Gasteiger partial charge in [-0.1, -0.05) is 49.1 Å². The van der Waals surface area contributed by atoms with Crippen LogP contribution in [0.3, 0.4) is 0 Å². The number of hydrogen-bond acceptors (Lipinski definition) is 2. The molecule has 0 unspecified atom stereocenters. The Bertz CT molecular complexity index is 777. The van der Waals surface area contributed by atoms with Crippen molar-refractivity contribution in [3.63, 3.8) is 0 Å². The van der Waals surface area contributed by atoms with Crippen molar-refractivity contribution in [1.82, 2.24) is 4.31 Å². The normalized spacial score (nSPS) is 21.5. The van der Waals surface area contributed by atoms with Crippen molar-refractivity contribution in [2.24, 2.45) is 0 Å². The lowest BCUT2D eigenvalue weighted by molar-refractivity contribution is 0.204. The molecule has 0 N–H and O–H groups in total. The lowest BCUT2D eigenvalue weighted by Crippen LogP contribution is -2.49. The number of benzene rings is 1. The summed E-state index contributed by atoms with van der Waals surface area (Å²) in [6, 6.07) is 7.19. The second-order valence-corrected chi connectivity index (χ2v) is 9.24. The van der Waals surface area contributed by atoms with Crippen LogP contribution in [0.4, 0.5) is 0 Å². The largest absolute Gasteiger partial charge is 0.244 e. The summed E-state index contributed by atoms with van der Waals surface area (Å²) in [5.41, 5.74) is 3.96. The fourth-order valence-electron chi connectivity index (χ4n) is 4.12. The summed E-state index contributed by atoms with van der Waals surface area (Å²) < 4.78 is 28.5. The first-order chi connectivity index (χ1) is 11.3. The lowest BCUT2D eigenvalue weighted by Gasteiger charge is -2.41. The minimum Gasteiger partial charge on any atom is -0.207 e. The van der Waals surface area contributed by atoms with Crippen LogP contribution < -0.4 is 0 Å². The highest BCUT2D eigenvalue weighted by atomic mass is 32.2. The summed E-state index contributed by atoms with van der Waals surface area (Å²) in [7, 11) is -3.52. The van der Waals surface area contributed by atoms with Crippen molar-refractivity contribution < 1.29 is 8.42 Å². The maximum absolute atomic E-state index is 13.4. The Labute approximate surface area is 146 Å². The topological polar surface area (TPSA) is 37.4 Å². The Morgan fingerprint density at radius 2 is 1.67 bits per heavy atom. The summed E-state index contributed by atoms with van der Waals surface area (Å²) in [6.07, 6.45) is 5.07. The zero-order valence-corrected chi connectivity index (χ0v) is 15.7. The van der Waals surface area contributed by atoms with Gasteiger partial charge in [0.1, 0.15) is 0 Å². The highest BCUT2D eigenvalue weighted by Gasteiger charge is 2.52. The molecule has 1 heterocycles. The van der Waals surface area contributed by atoms with Crippen LogP contribution in [0, 0.1) is 6.92 Å². The molecule has 1 spiro atoms. The van der Waals surface area contributed by atoms with Gasteiger partial charge < -0.3 is 0 Å². The standard InChI is InChI=1S/C20H27NO2S/c1-15(2)19-14-21(20(17(19)4)12-6-5-7-13-20)24(22,23)18-10-8-16(3)9-11-18/h8-11H,4-7,12-14H2,1-3H3. The van der Waals surface area contributed by atoms with Gasteiger partial charge in [0.2, 0.25) is 10.0 Å². The van der Waals surface area contributed by atoms with Crippen LogP contribution in [0.2, 0.25) is 0 Å². The van der Waals surface area contributed by atoms with Crippen molar-refractivity contribution in [2.45, 2.75) is 63.3 Å². The van der Waals surface area contributed by atoms with Crippen LogP contribution in [0.1, 0.15) is 51.5 Å².